The summed E-state index contributed by atoms with van der Waals surface area (Å²) < 4.78 is 10.4. The number of allylic oxidation sites excluding steroid dienone is 1. The van der Waals surface area contributed by atoms with Gasteiger partial charge in [-0.25, -0.2) is 9.69 Å². The van der Waals surface area contributed by atoms with Gasteiger partial charge in [0.15, 0.2) is 0 Å². The predicted molar refractivity (Wildman–Crippen MR) is 101 cm³/mol. The topological polar surface area (TPSA) is 72.9 Å². The highest BCUT2D eigenvalue weighted by atomic mass is 16.6. The Morgan fingerprint density at radius 3 is 2.59 bits per heavy atom. The zero-order valence-corrected chi connectivity index (χ0v) is 16.1. The van der Waals surface area contributed by atoms with Gasteiger partial charge in [0, 0.05) is 0 Å². The van der Waals surface area contributed by atoms with Crippen molar-refractivity contribution in [2.24, 2.45) is 5.92 Å². The molecule has 2 atom stereocenters. The van der Waals surface area contributed by atoms with Crippen molar-refractivity contribution in [3.05, 3.63) is 48.6 Å². The molecule has 1 saturated heterocycles. The molecule has 1 aromatic carbocycles. The summed E-state index contributed by atoms with van der Waals surface area (Å²) in [6.07, 6.45) is 1.58. The Kier molecular flexibility index (Phi) is 6.77. The van der Waals surface area contributed by atoms with Crippen molar-refractivity contribution < 1.29 is 23.9 Å². The van der Waals surface area contributed by atoms with Crippen LogP contribution in [0.5, 0.6) is 0 Å². The quantitative estimate of drug-likeness (QED) is 0.540. The molecule has 0 bridgehead atoms. The van der Waals surface area contributed by atoms with Crippen molar-refractivity contribution in [3.8, 4) is 0 Å². The molecule has 2 amide bonds. The summed E-state index contributed by atoms with van der Waals surface area (Å²) in [7, 11) is 0. The van der Waals surface area contributed by atoms with Gasteiger partial charge in [0.1, 0.15) is 12.2 Å². The Bertz CT molecular complexity index is 692. The van der Waals surface area contributed by atoms with Crippen molar-refractivity contribution in [1.29, 1.82) is 0 Å². The molecule has 0 spiro atoms. The lowest BCUT2D eigenvalue weighted by Gasteiger charge is -2.25. The minimum atomic E-state index is -0.707. The van der Waals surface area contributed by atoms with Gasteiger partial charge >= 0.3 is 12.1 Å². The van der Waals surface area contributed by atoms with Crippen LogP contribution in [0.25, 0.3) is 0 Å². The summed E-state index contributed by atoms with van der Waals surface area (Å²) in [5.74, 6) is -1.61. The highest BCUT2D eigenvalue weighted by molar-refractivity contribution is 5.96. The number of benzene rings is 1. The fraction of sp³-hybridized carbons (Fsp3) is 0.476. The fourth-order valence-electron chi connectivity index (χ4n) is 3.02. The van der Waals surface area contributed by atoms with Crippen LogP contribution in [-0.4, -0.2) is 41.1 Å². The van der Waals surface area contributed by atoms with Crippen molar-refractivity contribution in [1.82, 2.24) is 4.90 Å². The number of carbonyl (C=O) groups is 3. The van der Waals surface area contributed by atoms with E-state index in [9.17, 15) is 14.4 Å². The largest absolute Gasteiger partial charge is 0.460 e. The SMILES string of the molecule is C=CCC(CC(=O)OC(C)(C)C)C(=O)N1C(=O)OC[C@H]1Cc1ccccc1. The number of carbonyl (C=O) groups excluding carboxylic acids is 3. The van der Waals surface area contributed by atoms with Crippen LogP contribution >= 0.6 is 0 Å². The molecule has 6 heteroatoms. The second kappa shape index (κ2) is 8.84. The molecule has 0 radical (unpaired) electrons. The van der Waals surface area contributed by atoms with Crippen LogP contribution in [0.4, 0.5) is 4.79 Å². The van der Waals surface area contributed by atoms with Gasteiger partial charge in [-0.1, -0.05) is 36.4 Å². The lowest BCUT2D eigenvalue weighted by Crippen LogP contribution is -2.44. The van der Waals surface area contributed by atoms with Crippen LogP contribution in [0.15, 0.2) is 43.0 Å². The van der Waals surface area contributed by atoms with Gasteiger partial charge in [-0.15, -0.1) is 6.58 Å². The molecule has 1 aliphatic rings. The molecule has 1 unspecified atom stereocenters. The lowest BCUT2D eigenvalue weighted by atomic mass is 9.97. The van der Waals surface area contributed by atoms with E-state index in [1.54, 1.807) is 26.8 Å². The minimum Gasteiger partial charge on any atom is -0.460 e. The minimum absolute atomic E-state index is 0.107. The van der Waals surface area contributed by atoms with Gasteiger partial charge in [-0.2, -0.15) is 0 Å². The standard InChI is InChI=1S/C21H27NO5/c1-5-9-16(13-18(23)27-21(2,3)4)19(24)22-17(14-26-20(22)25)12-15-10-7-6-8-11-15/h5-8,10-11,16-17H,1,9,12-14H2,2-4H3/t16?,17-/m1/s1. The van der Waals surface area contributed by atoms with E-state index in [2.05, 4.69) is 6.58 Å². The normalized spacial score (nSPS) is 18.0. The number of amides is 2. The van der Waals surface area contributed by atoms with Gasteiger partial charge in [-0.05, 0) is 39.2 Å². The summed E-state index contributed by atoms with van der Waals surface area (Å²) in [5, 5.41) is 0. The third-order valence-electron chi connectivity index (χ3n) is 4.15. The first-order valence-electron chi connectivity index (χ1n) is 9.07. The Morgan fingerprint density at radius 1 is 1.33 bits per heavy atom. The van der Waals surface area contributed by atoms with E-state index in [4.69, 9.17) is 9.47 Å². The molecule has 6 nitrogen and oxygen atoms in total. The molecule has 0 aromatic heterocycles. The molecule has 1 aliphatic heterocycles. The second-order valence-corrected chi connectivity index (χ2v) is 7.64. The number of rotatable bonds is 7. The number of hydrogen-bond donors (Lipinski definition) is 0. The van der Waals surface area contributed by atoms with E-state index in [1.165, 1.54) is 0 Å². The van der Waals surface area contributed by atoms with Gasteiger partial charge in [0.25, 0.3) is 0 Å². The molecule has 27 heavy (non-hydrogen) atoms. The molecule has 0 aliphatic carbocycles. The average Bonchev–Trinajstić information content (AvgIpc) is 2.93. The highest BCUT2D eigenvalue weighted by Crippen LogP contribution is 2.24. The van der Waals surface area contributed by atoms with E-state index in [0.29, 0.717) is 6.42 Å². The summed E-state index contributed by atoms with van der Waals surface area (Å²) in [5.41, 5.74) is 0.368. The lowest BCUT2D eigenvalue weighted by molar-refractivity contribution is -0.158. The van der Waals surface area contributed by atoms with E-state index >= 15 is 0 Å². The molecular weight excluding hydrogens is 346 g/mol. The van der Waals surface area contributed by atoms with E-state index in [-0.39, 0.29) is 19.4 Å². The molecule has 0 saturated carbocycles. The average molecular weight is 373 g/mol. The van der Waals surface area contributed by atoms with Crippen LogP contribution in [0.2, 0.25) is 0 Å². The maximum Gasteiger partial charge on any atom is 0.416 e. The zero-order valence-electron chi connectivity index (χ0n) is 16.1. The van der Waals surface area contributed by atoms with Crippen LogP contribution in [-0.2, 0) is 25.5 Å². The number of ether oxygens (including phenoxy) is 2. The zero-order chi connectivity index (χ0) is 20.0. The van der Waals surface area contributed by atoms with Gasteiger partial charge in [-0.3, -0.25) is 9.59 Å². The number of nitrogens with zero attached hydrogens (tertiary/aromatic N) is 1. The van der Waals surface area contributed by atoms with Crippen molar-refractivity contribution in [2.45, 2.75) is 51.7 Å². The van der Waals surface area contributed by atoms with Gasteiger partial charge in [0.2, 0.25) is 5.91 Å². The Balaban J connectivity index is 2.12. The number of hydrogen-bond acceptors (Lipinski definition) is 5. The maximum atomic E-state index is 13.0. The van der Waals surface area contributed by atoms with E-state index in [1.807, 2.05) is 30.3 Å². The molecule has 1 heterocycles. The third-order valence-corrected chi connectivity index (χ3v) is 4.15. The Hall–Kier alpha value is -2.63. The molecule has 0 N–H and O–H groups in total. The van der Waals surface area contributed by atoms with Crippen LogP contribution < -0.4 is 0 Å². The Labute approximate surface area is 160 Å². The maximum absolute atomic E-state index is 13.0. The van der Waals surface area contributed by atoms with Gasteiger partial charge in [0.05, 0.1) is 18.4 Å². The highest BCUT2D eigenvalue weighted by Gasteiger charge is 2.41. The van der Waals surface area contributed by atoms with Crippen LogP contribution in [0, 0.1) is 5.92 Å². The third kappa shape index (κ3) is 5.94. The smallest absolute Gasteiger partial charge is 0.416 e. The predicted octanol–water partition coefficient (Wildman–Crippen LogP) is 3.50. The fourth-order valence-corrected chi connectivity index (χ4v) is 3.02. The molecular formula is C21H27NO5. The molecule has 1 aromatic rings. The Morgan fingerprint density at radius 2 is 2.00 bits per heavy atom. The molecule has 146 valence electrons. The van der Waals surface area contributed by atoms with E-state index in [0.717, 1.165) is 10.5 Å². The summed E-state index contributed by atoms with van der Waals surface area (Å²) in [4.78, 5) is 38.5. The number of imide groups is 1. The number of cyclic esters (lactones) is 1. The summed E-state index contributed by atoms with van der Waals surface area (Å²) in [6, 6.07) is 9.20. The van der Waals surface area contributed by atoms with Gasteiger partial charge < -0.3 is 9.47 Å². The van der Waals surface area contributed by atoms with Crippen molar-refractivity contribution >= 4 is 18.0 Å². The summed E-state index contributed by atoms with van der Waals surface area (Å²) >= 11 is 0. The van der Waals surface area contributed by atoms with E-state index < -0.39 is 35.5 Å². The first-order chi connectivity index (χ1) is 12.7. The second-order valence-electron chi connectivity index (χ2n) is 7.64. The molecule has 1 fully saturated rings. The summed E-state index contributed by atoms with van der Waals surface area (Å²) in [6.45, 7) is 9.10. The number of esters is 1. The first kappa shape index (κ1) is 20.7. The van der Waals surface area contributed by atoms with Crippen molar-refractivity contribution in [2.75, 3.05) is 6.61 Å². The van der Waals surface area contributed by atoms with Crippen molar-refractivity contribution in [3.63, 3.8) is 0 Å². The van der Waals surface area contributed by atoms with Crippen LogP contribution in [0.1, 0.15) is 39.2 Å². The monoisotopic (exact) mass is 373 g/mol. The van der Waals surface area contributed by atoms with Crippen LogP contribution in [0.3, 0.4) is 0 Å². The molecule has 2 rings (SSSR count). The first-order valence-corrected chi connectivity index (χ1v) is 9.07.